The van der Waals surface area contributed by atoms with E-state index in [1.54, 1.807) is 0 Å². The van der Waals surface area contributed by atoms with E-state index in [0.717, 1.165) is 6.42 Å². The van der Waals surface area contributed by atoms with Crippen molar-refractivity contribution in [2.75, 3.05) is 14.2 Å². The van der Waals surface area contributed by atoms with Gasteiger partial charge in [-0.1, -0.05) is 13.8 Å². The number of rotatable bonds is 5. The van der Waals surface area contributed by atoms with Crippen LogP contribution in [0.4, 0.5) is 0 Å². The number of hydrogen-bond acceptors (Lipinski definition) is 5. The number of phenolic OH excluding ortho intramolecular Hbond substituents is 1. The van der Waals surface area contributed by atoms with Crippen molar-refractivity contribution in [1.29, 1.82) is 0 Å². The minimum atomic E-state index is -4.55. The maximum absolute atomic E-state index is 11.5. The molecule has 0 amide bonds. The van der Waals surface area contributed by atoms with Crippen molar-refractivity contribution >= 4 is 10.1 Å². The van der Waals surface area contributed by atoms with Crippen LogP contribution in [0.3, 0.4) is 0 Å². The molecule has 2 N–H and O–H groups in total. The second-order valence-electron chi connectivity index (χ2n) is 4.57. The summed E-state index contributed by atoms with van der Waals surface area (Å²) >= 11 is 0. The Bertz CT molecular complexity index is 606. The first-order valence-electron chi connectivity index (χ1n) is 6.15. The van der Waals surface area contributed by atoms with Crippen LogP contribution in [-0.2, 0) is 10.1 Å². The zero-order valence-corrected chi connectivity index (χ0v) is 13.0. The molecule has 1 aromatic rings. The predicted molar refractivity (Wildman–Crippen MR) is 74.5 cm³/mol. The lowest BCUT2D eigenvalue weighted by atomic mass is 9.94. The first kappa shape index (κ1) is 16.6. The highest BCUT2D eigenvalue weighted by Crippen LogP contribution is 2.48. The van der Waals surface area contributed by atoms with Crippen molar-refractivity contribution in [3.8, 4) is 17.2 Å². The fourth-order valence-electron chi connectivity index (χ4n) is 2.17. The third-order valence-electron chi connectivity index (χ3n) is 3.38. The molecule has 0 bridgehead atoms. The third kappa shape index (κ3) is 2.69. The number of methoxy groups -OCH3 is 2. The molecule has 0 saturated heterocycles. The van der Waals surface area contributed by atoms with Crippen LogP contribution in [-0.4, -0.2) is 32.3 Å². The second kappa shape index (κ2) is 5.88. The topological polar surface area (TPSA) is 93.1 Å². The van der Waals surface area contributed by atoms with Crippen molar-refractivity contribution in [2.24, 2.45) is 0 Å². The van der Waals surface area contributed by atoms with Gasteiger partial charge in [0.05, 0.1) is 14.2 Å². The molecule has 1 aromatic carbocycles. The van der Waals surface area contributed by atoms with Crippen molar-refractivity contribution in [1.82, 2.24) is 0 Å². The van der Waals surface area contributed by atoms with Gasteiger partial charge in [0.1, 0.15) is 10.6 Å². The van der Waals surface area contributed by atoms with E-state index in [0.29, 0.717) is 5.56 Å². The van der Waals surface area contributed by atoms with E-state index in [1.807, 2.05) is 13.8 Å². The van der Waals surface area contributed by atoms with E-state index in [9.17, 15) is 18.1 Å². The monoisotopic (exact) mass is 304 g/mol. The zero-order valence-electron chi connectivity index (χ0n) is 12.2. The summed E-state index contributed by atoms with van der Waals surface area (Å²) in [7, 11) is -1.91. The van der Waals surface area contributed by atoms with Gasteiger partial charge in [-0.3, -0.25) is 4.55 Å². The van der Waals surface area contributed by atoms with E-state index in [4.69, 9.17) is 9.47 Å². The Kier molecular flexibility index (Phi) is 4.88. The first-order valence-corrected chi connectivity index (χ1v) is 7.59. The number of ether oxygens (including phenoxy) is 2. The van der Waals surface area contributed by atoms with Gasteiger partial charge in [0, 0.05) is 11.1 Å². The van der Waals surface area contributed by atoms with Gasteiger partial charge in [0.15, 0.2) is 11.5 Å². The summed E-state index contributed by atoms with van der Waals surface area (Å²) < 4.78 is 42.7. The Morgan fingerprint density at radius 1 is 1.20 bits per heavy atom. The van der Waals surface area contributed by atoms with Crippen molar-refractivity contribution in [3.63, 3.8) is 0 Å². The van der Waals surface area contributed by atoms with Gasteiger partial charge in [-0.25, -0.2) is 0 Å². The minimum absolute atomic E-state index is 0.0421. The van der Waals surface area contributed by atoms with Gasteiger partial charge in [0.25, 0.3) is 10.1 Å². The molecule has 0 aliphatic rings. The van der Waals surface area contributed by atoms with Crippen LogP contribution in [0, 0.1) is 6.92 Å². The largest absolute Gasteiger partial charge is 0.507 e. The van der Waals surface area contributed by atoms with Crippen molar-refractivity contribution in [3.05, 3.63) is 11.1 Å². The SMILES string of the molecule is CCC(C)c1c(O)c(C)c(S(=O)(=O)O)c(OC)c1OC. The molecular weight excluding hydrogens is 284 g/mol. The molecular formula is C13H20O6S. The van der Waals surface area contributed by atoms with Crippen LogP contribution in [0.15, 0.2) is 4.90 Å². The molecule has 20 heavy (non-hydrogen) atoms. The highest BCUT2D eigenvalue weighted by atomic mass is 32.2. The van der Waals surface area contributed by atoms with Crippen LogP contribution >= 0.6 is 0 Å². The van der Waals surface area contributed by atoms with Crippen LogP contribution in [0.1, 0.15) is 37.3 Å². The van der Waals surface area contributed by atoms with Gasteiger partial charge < -0.3 is 14.6 Å². The molecule has 0 aliphatic heterocycles. The zero-order chi connectivity index (χ0) is 15.7. The maximum Gasteiger partial charge on any atom is 0.298 e. The van der Waals surface area contributed by atoms with Crippen LogP contribution in [0.2, 0.25) is 0 Å². The molecule has 0 heterocycles. The molecule has 1 unspecified atom stereocenters. The fourth-order valence-corrected chi connectivity index (χ4v) is 3.07. The smallest absolute Gasteiger partial charge is 0.298 e. The van der Waals surface area contributed by atoms with E-state index < -0.39 is 15.0 Å². The molecule has 1 rings (SSSR count). The summed E-state index contributed by atoms with van der Waals surface area (Å²) in [6.45, 7) is 5.22. The molecule has 7 heteroatoms. The second-order valence-corrected chi connectivity index (χ2v) is 5.93. The fraction of sp³-hybridized carbons (Fsp3) is 0.538. The van der Waals surface area contributed by atoms with Crippen molar-refractivity contribution in [2.45, 2.75) is 38.0 Å². The average Bonchev–Trinajstić information content (AvgIpc) is 2.38. The Labute approximate surface area is 119 Å². The number of hydrogen-bond donors (Lipinski definition) is 2. The van der Waals surface area contributed by atoms with Crippen LogP contribution in [0.25, 0.3) is 0 Å². The maximum atomic E-state index is 11.5. The van der Waals surface area contributed by atoms with Gasteiger partial charge >= 0.3 is 0 Å². The Balaban J connectivity index is 3.92. The number of benzene rings is 1. The first-order chi connectivity index (χ1) is 9.20. The molecule has 6 nitrogen and oxygen atoms in total. The third-order valence-corrected chi connectivity index (χ3v) is 4.39. The lowest BCUT2D eigenvalue weighted by Crippen LogP contribution is -2.09. The van der Waals surface area contributed by atoms with E-state index in [2.05, 4.69) is 0 Å². The Hall–Kier alpha value is -1.47. The molecule has 0 fully saturated rings. The summed E-state index contributed by atoms with van der Waals surface area (Å²) in [5, 5.41) is 10.3. The molecule has 114 valence electrons. The molecule has 0 radical (unpaired) electrons. The Morgan fingerprint density at radius 3 is 2.05 bits per heavy atom. The van der Waals surface area contributed by atoms with Crippen LogP contribution in [0.5, 0.6) is 17.2 Å². The van der Waals surface area contributed by atoms with Gasteiger partial charge in [0.2, 0.25) is 0 Å². The van der Waals surface area contributed by atoms with Crippen molar-refractivity contribution < 1.29 is 27.6 Å². The average molecular weight is 304 g/mol. The molecule has 0 aromatic heterocycles. The summed E-state index contributed by atoms with van der Waals surface area (Å²) in [5.74, 6) is -0.240. The highest BCUT2D eigenvalue weighted by molar-refractivity contribution is 7.86. The van der Waals surface area contributed by atoms with Crippen LogP contribution < -0.4 is 9.47 Å². The van der Waals surface area contributed by atoms with Gasteiger partial charge in [-0.2, -0.15) is 8.42 Å². The molecule has 0 aliphatic carbocycles. The normalized spacial score (nSPS) is 13.1. The highest BCUT2D eigenvalue weighted by Gasteiger charge is 2.31. The standard InChI is InChI=1S/C13H20O6S/c1-6-7(2)9-10(14)8(3)13(20(15,16)17)12(19-5)11(9)18-4/h7,14H,6H2,1-5H3,(H,15,16,17). The molecule has 0 spiro atoms. The Morgan fingerprint density at radius 2 is 1.70 bits per heavy atom. The van der Waals surface area contributed by atoms with Gasteiger partial charge in [-0.15, -0.1) is 0 Å². The summed E-state index contributed by atoms with van der Waals surface area (Å²) in [4.78, 5) is -0.471. The van der Waals surface area contributed by atoms with E-state index in [1.165, 1.54) is 21.1 Å². The summed E-state index contributed by atoms with van der Waals surface area (Å²) in [6.07, 6.45) is 0.720. The summed E-state index contributed by atoms with van der Waals surface area (Å²) in [5.41, 5.74) is 0.511. The predicted octanol–water partition coefficient (Wildman–Crippen LogP) is 2.48. The summed E-state index contributed by atoms with van der Waals surface area (Å²) in [6, 6.07) is 0. The number of phenols is 1. The molecule has 0 saturated carbocycles. The van der Waals surface area contributed by atoms with Gasteiger partial charge in [-0.05, 0) is 19.3 Å². The van der Waals surface area contributed by atoms with E-state index in [-0.39, 0.29) is 28.7 Å². The molecule has 1 atom stereocenters. The minimum Gasteiger partial charge on any atom is -0.507 e. The quantitative estimate of drug-likeness (QED) is 0.812. The lowest BCUT2D eigenvalue weighted by molar-refractivity contribution is 0.332. The lowest BCUT2D eigenvalue weighted by Gasteiger charge is -2.22. The number of aromatic hydroxyl groups is 1. The van der Waals surface area contributed by atoms with E-state index >= 15 is 0 Å².